The average molecular weight is 280 g/mol. The third-order valence-corrected chi connectivity index (χ3v) is 3.89. The van der Waals surface area contributed by atoms with E-state index < -0.39 is 27.3 Å². The van der Waals surface area contributed by atoms with E-state index in [2.05, 4.69) is 5.32 Å². The molecule has 4 nitrogen and oxygen atoms in total. The van der Waals surface area contributed by atoms with Gasteiger partial charge in [0.25, 0.3) is 0 Å². The summed E-state index contributed by atoms with van der Waals surface area (Å²) in [6, 6.07) is 3.43. The molecular formula is C10H11ClFNO3S. The first kappa shape index (κ1) is 13.9. The number of amides is 1. The highest BCUT2D eigenvalue weighted by atomic mass is 35.5. The normalized spacial score (nSPS) is 11.2. The molecule has 0 radical (unpaired) electrons. The summed E-state index contributed by atoms with van der Waals surface area (Å²) in [4.78, 5) is 11.4. The Morgan fingerprint density at radius 3 is 2.65 bits per heavy atom. The summed E-state index contributed by atoms with van der Waals surface area (Å²) in [6.45, 7) is 1.45. The second-order valence-electron chi connectivity index (χ2n) is 3.35. The molecule has 0 aliphatic heterocycles. The Bertz CT molecular complexity index is 530. The Morgan fingerprint density at radius 2 is 2.12 bits per heavy atom. The zero-order valence-corrected chi connectivity index (χ0v) is 10.6. The van der Waals surface area contributed by atoms with Gasteiger partial charge in [-0.2, -0.15) is 0 Å². The smallest absolute Gasteiger partial charge is 0.239 e. The van der Waals surface area contributed by atoms with Crippen LogP contribution in [-0.2, 0) is 14.6 Å². The molecule has 1 aromatic rings. The van der Waals surface area contributed by atoms with E-state index in [1.807, 2.05) is 0 Å². The zero-order valence-electron chi connectivity index (χ0n) is 9.04. The fourth-order valence-electron chi connectivity index (χ4n) is 1.08. The topological polar surface area (TPSA) is 63.2 Å². The number of anilines is 1. The molecule has 1 aromatic carbocycles. The van der Waals surface area contributed by atoms with Crippen LogP contribution in [0.3, 0.4) is 0 Å². The van der Waals surface area contributed by atoms with Crippen molar-refractivity contribution in [2.24, 2.45) is 0 Å². The van der Waals surface area contributed by atoms with Gasteiger partial charge in [0, 0.05) is 5.75 Å². The Labute approximate surface area is 104 Å². The number of hydrogen-bond acceptors (Lipinski definition) is 3. The van der Waals surface area contributed by atoms with Crippen LogP contribution in [0.1, 0.15) is 6.92 Å². The molecule has 0 saturated heterocycles. The van der Waals surface area contributed by atoms with Gasteiger partial charge in [0.15, 0.2) is 9.84 Å². The van der Waals surface area contributed by atoms with Crippen molar-refractivity contribution in [3.05, 3.63) is 29.0 Å². The first-order chi connectivity index (χ1) is 7.84. The molecule has 1 N–H and O–H groups in total. The second-order valence-corrected chi connectivity index (χ2v) is 6.11. The SMILES string of the molecule is CCS(=O)(=O)CC(=O)Nc1ccc(F)cc1Cl. The quantitative estimate of drug-likeness (QED) is 0.915. The van der Waals surface area contributed by atoms with E-state index in [9.17, 15) is 17.6 Å². The lowest BCUT2D eigenvalue weighted by Gasteiger charge is -2.07. The van der Waals surface area contributed by atoms with Crippen molar-refractivity contribution in [1.29, 1.82) is 0 Å². The Morgan fingerprint density at radius 1 is 1.47 bits per heavy atom. The monoisotopic (exact) mass is 279 g/mol. The fraction of sp³-hybridized carbons (Fsp3) is 0.300. The Hall–Kier alpha value is -1.14. The highest BCUT2D eigenvalue weighted by Crippen LogP contribution is 2.22. The number of sulfone groups is 1. The maximum atomic E-state index is 12.7. The lowest BCUT2D eigenvalue weighted by Crippen LogP contribution is -2.24. The summed E-state index contributed by atoms with van der Waals surface area (Å²) >= 11 is 5.67. The van der Waals surface area contributed by atoms with Gasteiger partial charge in [-0.1, -0.05) is 18.5 Å². The molecule has 0 spiro atoms. The first-order valence-corrected chi connectivity index (χ1v) is 6.99. The minimum absolute atomic E-state index is 0.0206. The van der Waals surface area contributed by atoms with E-state index >= 15 is 0 Å². The van der Waals surface area contributed by atoms with Gasteiger partial charge in [0.1, 0.15) is 11.6 Å². The minimum Gasteiger partial charge on any atom is -0.324 e. The lowest BCUT2D eigenvalue weighted by molar-refractivity contribution is -0.113. The summed E-state index contributed by atoms with van der Waals surface area (Å²) < 4.78 is 35.1. The van der Waals surface area contributed by atoms with Crippen LogP contribution in [0, 0.1) is 5.82 Å². The largest absolute Gasteiger partial charge is 0.324 e. The molecule has 1 amide bonds. The fourth-order valence-corrected chi connectivity index (χ4v) is 1.97. The summed E-state index contributed by atoms with van der Waals surface area (Å²) in [5.74, 6) is -1.95. The van der Waals surface area contributed by atoms with Crippen LogP contribution in [0.25, 0.3) is 0 Å². The van der Waals surface area contributed by atoms with E-state index in [0.29, 0.717) is 0 Å². The van der Waals surface area contributed by atoms with Crippen LogP contribution in [0.4, 0.5) is 10.1 Å². The third kappa shape index (κ3) is 4.32. The number of carbonyl (C=O) groups excluding carboxylic acids is 1. The van der Waals surface area contributed by atoms with Crippen LogP contribution in [0.15, 0.2) is 18.2 Å². The second kappa shape index (κ2) is 5.46. The summed E-state index contributed by atoms with van der Waals surface area (Å²) in [5.41, 5.74) is 0.185. The highest BCUT2D eigenvalue weighted by molar-refractivity contribution is 7.92. The number of benzene rings is 1. The highest BCUT2D eigenvalue weighted by Gasteiger charge is 2.15. The molecule has 94 valence electrons. The molecule has 0 aliphatic carbocycles. The molecule has 0 heterocycles. The van der Waals surface area contributed by atoms with Gasteiger partial charge >= 0.3 is 0 Å². The van der Waals surface area contributed by atoms with E-state index in [1.165, 1.54) is 13.0 Å². The maximum Gasteiger partial charge on any atom is 0.239 e. The van der Waals surface area contributed by atoms with E-state index in [4.69, 9.17) is 11.6 Å². The van der Waals surface area contributed by atoms with Gasteiger partial charge in [-0.25, -0.2) is 12.8 Å². The van der Waals surface area contributed by atoms with Crippen LogP contribution in [-0.4, -0.2) is 25.8 Å². The number of rotatable bonds is 4. The van der Waals surface area contributed by atoms with Crippen molar-refractivity contribution >= 4 is 33.0 Å². The third-order valence-electron chi connectivity index (χ3n) is 2.00. The van der Waals surface area contributed by atoms with Crippen molar-refractivity contribution < 1.29 is 17.6 Å². The predicted molar refractivity (Wildman–Crippen MR) is 64.4 cm³/mol. The average Bonchev–Trinajstić information content (AvgIpc) is 2.21. The first-order valence-electron chi connectivity index (χ1n) is 4.79. The van der Waals surface area contributed by atoms with Crippen LogP contribution >= 0.6 is 11.6 Å². The molecule has 1 rings (SSSR count). The van der Waals surface area contributed by atoms with Crippen molar-refractivity contribution in [2.75, 3.05) is 16.8 Å². The van der Waals surface area contributed by atoms with Crippen molar-refractivity contribution in [3.63, 3.8) is 0 Å². The van der Waals surface area contributed by atoms with Gasteiger partial charge in [-0.15, -0.1) is 0 Å². The maximum absolute atomic E-state index is 12.7. The van der Waals surface area contributed by atoms with Crippen LogP contribution in [0.5, 0.6) is 0 Å². The van der Waals surface area contributed by atoms with E-state index in [-0.39, 0.29) is 16.5 Å². The van der Waals surface area contributed by atoms with E-state index in [0.717, 1.165) is 12.1 Å². The molecule has 7 heteroatoms. The molecule has 0 aliphatic rings. The molecule has 0 saturated carbocycles. The van der Waals surface area contributed by atoms with Crippen LogP contribution in [0.2, 0.25) is 5.02 Å². The van der Waals surface area contributed by atoms with Crippen molar-refractivity contribution in [2.45, 2.75) is 6.92 Å². The molecule has 0 atom stereocenters. The van der Waals surface area contributed by atoms with E-state index in [1.54, 1.807) is 0 Å². The molecule has 0 aromatic heterocycles. The molecular weight excluding hydrogens is 269 g/mol. The summed E-state index contributed by atoms with van der Waals surface area (Å²) in [7, 11) is -3.39. The predicted octanol–water partition coefficient (Wildman–Crippen LogP) is 1.85. The number of carbonyl (C=O) groups is 1. The minimum atomic E-state index is -3.39. The zero-order chi connectivity index (χ0) is 13.1. The van der Waals surface area contributed by atoms with Gasteiger partial charge < -0.3 is 5.32 Å². The number of halogens is 2. The van der Waals surface area contributed by atoms with Gasteiger partial charge in [0.2, 0.25) is 5.91 Å². The Balaban J connectivity index is 2.75. The molecule has 0 bridgehead atoms. The summed E-state index contributed by atoms with van der Waals surface area (Å²) in [6.07, 6.45) is 0. The van der Waals surface area contributed by atoms with Crippen LogP contribution < -0.4 is 5.32 Å². The Kier molecular flexibility index (Phi) is 4.47. The number of hydrogen-bond donors (Lipinski definition) is 1. The van der Waals surface area contributed by atoms with Gasteiger partial charge in [-0.05, 0) is 18.2 Å². The number of nitrogens with one attached hydrogen (secondary N) is 1. The molecule has 0 fully saturated rings. The standard InChI is InChI=1S/C10H11ClFNO3S/c1-2-17(15,16)6-10(14)13-9-4-3-7(12)5-8(9)11/h3-5H,2,6H2,1H3,(H,13,14). The molecule has 17 heavy (non-hydrogen) atoms. The van der Waals surface area contributed by atoms with Gasteiger partial charge in [-0.3, -0.25) is 4.79 Å². The van der Waals surface area contributed by atoms with Gasteiger partial charge in [0.05, 0.1) is 10.7 Å². The lowest BCUT2D eigenvalue weighted by atomic mass is 10.3. The van der Waals surface area contributed by atoms with Crippen molar-refractivity contribution in [3.8, 4) is 0 Å². The van der Waals surface area contributed by atoms with Crippen molar-refractivity contribution in [1.82, 2.24) is 0 Å². The summed E-state index contributed by atoms with van der Waals surface area (Å²) in [5, 5.41) is 2.33. The molecule has 0 unspecified atom stereocenters.